The van der Waals surface area contributed by atoms with Crippen LogP contribution in [0.1, 0.15) is 39.7 Å². The second-order valence-corrected chi connectivity index (χ2v) is 7.70. The van der Waals surface area contributed by atoms with Crippen LogP contribution in [0.2, 0.25) is 0 Å². The van der Waals surface area contributed by atoms with Gasteiger partial charge >= 0.3 is 7.12 Å². The van der Waals surface area contributed by atoms with Crippen molar-refractivity contribution in [3.05, 3.63) is 66.7 Å². The van der Waals surface area contributed by atoms with Gasteiger partial charge in [0.25, 0.3) is 0 Å². The number of allylic oxidation sites excluding steroid dienone is 1. The Morgan fingerprint density at radius 3 is 2.16 bits per heavy atom. The topological polar surface area (TPSA) is 18.5 Å². The lowest BCUT2D eigenvalue weighted by molar-refractivity contribution is 0.00578. The third-order valence-electron chi connectivity index (χ3n) is 5.38. The minimum atomic E-state index is -0.328. The van der Waals surface area contributed by atoms with Crippen molar-refractivity contribution < 1.29 is 9.31 Å². The van der Waals surface area contributed by atoms with Crippen molar-refractivity contribution in [1.82, 2.24) is 0 Å². The van der Waals surface area contributed by atoms with Gasteiger partial charge in [-0.25, -0.2) is 0 Å². The van der Waals surface area contributed by atoms with Gasteiger partial charge in [-0.1, -0.05) is 54.6 Å². The molecule has 2 aromatic rings. The fourth-order valence-corrected chi connectivity index (χ4v) is 3.09. The summed E-state index contributed by atoms with van der Waals surface area (Å²) in [4.78, 5) is 0. The lowest BCUT2D eigenvalue weighted by Crippen LogP contribution is -2.41. The summed E-state index contributed by atoms with van der Waals surface area (Å²) in [6, 6.07) is 17.0. The van der Waals surface area contributed by atoms with Crippen LogP contribution < -0.4 is 5.46 Å². The highest BCUT2D eigenvalue weighted by Gasteiger charge is 2.52. The van der Waals surface area contributed by atoms with Crippen LogP contribution in [0.15, 0.2) is 61.2 Å². The maximum absolute atomic E-state index is 6.27. The highest BCUT2D eigenvalue weighted by molar-refractivity contribution is 6.62. The van der Waals surface area contributed by atoms with Gasteiger partial charge in [-0.2, -0.15) is 0 Å². The van der Waals surface area contributed by atoms with Crippen molar-refractivity contribution in [1.29, 1.82) is 0 Å². The zero-order chi connectivity index (χ0) is 18.1. The molecule has 3 rings (SSSR count). The van der Waals surface area contributed by atoms with Crippen molar-refractivity contribution in [2.45, 2.75) is 51.7 Å². The van der Waals surface area contributed by atoms with Gasteiger partial charge in [0.05, 0.1) is 11.2 Å². The van der Waals surface area contributed by atoms with Gasteiger partial charge in [-0.05, 0) is 62.7 Å². The number of aryl methyl sites for hydroxylation is 1. The molecule has 1 saturated heterocycles. The predicted molar refractivity (Wildman–Crippen MR) is 106 cm³/mol. The summed E-state index contributed by atoms with van der Waals surface area (Å²) in [5, 5.41) is 0. The van der Waals surface area contributed by atoms with E-state index in [9.17, 15) is 0 Å². The predicted octanol–water partition coefficient (Wildman–Crippen LogP) is 4.77. The van der Waals surface area contributed by atoms with Crippen LogP contribution >= 0.6 is 0 Å². The van der Waals surface area contributed by atoms with Crippen LogP contribution in [-0.4, -0.2) is 18.3 Å². The fraction of sp³-hybridized carbons (Fsp3) is 0.364. The summed E-state index contributed by atoms with van der Waals surface area (Å²) >= 11 is 0. The molecule has 0 saturated carbocycles. The molecule has 0 aromatic heterocycles. The molecule has 0 N–H and O–H groups in total. The second kappa shape index (κ2) is 6.82. The molecule has 1 fully saturated rings. The van der Waals surface area contributed by atoms with Crippen molar-refractivity contribution in [3.8, 4) is 11.1 Å². The van der Waals surface area contributed by atoms with E-state index in [1.165, 1.54) is 16.7 Å². The first-order valence-corrected chi connectivity index (χ1v) is 8.99. The normalized spacial score (nSPS) is 18.3. The Morgan fingerprint density at radius 2 is 1.56 bits per heavy atom. The summed E-state index contributed by atoms with van der Waals surface area (Å²) in [7, 11) is -0.324. The van der Waals surface area contributed by atoms with Crippen LogP contribution in [0.3, 0.4) is 0 Å². The first-order chi connectivity index (χ1) is 11.8. The van der Waals surface area contributed by atoms with Crippen LogP contribution in [0.5, 0.6) is 0 Å². The van der Waals surface area contributed by atoms with Crippen molar-refractivity contribution >= 4 is 12.6 Å². The first kappa shape index (κ1) is 18.0. The summed E-state index contributed by atoms with van der Waals surface area (Å²) in [6.07, 6.45) is 3.83. The van der Waals surface area contributed by atoms with Crippen molar-refractivity contribution in [2.75, 3.05) is 0 Å². The van der Waals surface area contributed by atoms with Gasteiger partial charge in [0, 0.05) is 0 Å². The quantitative estimate of drug-likeness (QED) is 0.579. The highest BCUT2D eigenvalue weighted by Crippen LogP contribution is 2.37. The minimum absolute atomic E-state index is 0.324. The molecule has 1 aliphatic heterocycles. The summed E-state index contributed by atoms with van der Waals surface area (Å²) in [5.41, 5.74) is 4.18. The van der Waals surface area contributed by atoms with E-state index >= 15 is 0 Å². The Kier molecular flexibility index (Phi) is 4.90. The SMILES string of the molecule is C=CCCc1cc(-c2ccccc2)ccc1B1OC(C)(C)C(C)(C)O1. The summed E-state index contributed by atoms with van der Waals surface area (Å²) < 4.78 is 12.5. The van der Waals surface area contributed by atoms with Gasteiger partial charge in [-0.15, -0.1) is 6.58 Å². The molecule has 2 nitrogen and oxygen atoms in total. The van der Waals surface area contributed by atoms with Gasteiger partial charge in [0.1, 0.15) is 0 Å². The lowest BCUT2D eigenvalue weighted by atomic mass is 9.74. The van der Waals surface area contributed by atoms with E-state index in [0.717, 1.165) is 18.3 Å². The fourth-order valence-electron chi connectivity index (χ4n) is 3.09. The first-order valence-electron chi connectivity index (χ1n) is 8.99. The van der Waals surface area contributed by atoms with E-state index in [0.29, 0.717) is 0 Å². The van der Waals surface area contributed by atoms with Crippen molar-refractivity contribution in [2.24, 2.45) is 0 Å². The number of hydrogen-bond acceptors (Lipinski definition) is 2. The molecule has 0 unspecified atom stereocenters. The Bertz CT molecular complexity index is 734. The molecule has 130 valence electrons. The van der Waals surface area contributed by atoms with E-state index < -0.39 is 0 Å². The molecule has 0 spiro atoms. The monoisotopic (exact) mass is 334 g/mol. The summed E-state index contributed by atoms with van der Waals surface area (Å²) in [5.74, 6) is 0. The molecule has 0 amide bonds. The standard InChI is InChI=1S/C22H27BO2/c1-6-7-11-19-16-18(17-12-9-8-10-13-17)14-15-20(19)23-24-21(2,3)22(4,5)25-23/h6,8-10,12-16H,1,7,11H2,2-5H3. The van der Waals surface area contributed by atoms with Crippen LogP contribution in [-0.2, 0) is 15.7 Å². The van der Waals surface area contributed by atoms with Gasteiger partial charge in [-0.3, -0.25) is 0 Å². The number of rotatable bonds is 5. The second-order valence-electron chi connectivity index (χ2n) is 7.70. The zero-order valence-corrected chi connectivity index (χ0v) is 15.7. The Labute approximate surface area is 152 Å². The molecule has 3 heteroatoms. The molecule has 0 aliphatic carbocycles. The smallest absolute Gasteiger partial charge is 0.399 e. The van der Waals surface area contributed by atoms with E-state index in [4.69, 9.17) is 9.31 Å². The van der Waals surface area contributed by atoms with Crippen LogP contribution in [0.4, 0.5) is 0 Å². The average Bonchev–Trinajstić information content (AvgIpc) is 2.81. The maximum atomic E-state index is 6.27. The molecule has 2 aromatic carbocycles. The Hall–Kier alpha value is -1.84. The molecule has 0 atom stereocenters. The van der Waals surface area contributed by atoms with Gasteiger partial charge < -0.3 is 9.31 Å². The van der Waals surface area contributed by atoms with Gasteiger partial charge in [0.15, 0.2) is 0 Å². The highest BCUT2D eigenvalue weighted by atomic mass is 16.7. The lowest BCUT2D eigenvalue weighted by Gasteiger charge is -2.32. The van der Waals surface area contributed by atoms with E-state index in [-0.39, 0.29) is 18.3 Å². The molecule has 25 heavy (non-hydrogen) atoms. The molecule has 1 aliphatic rings. The molecule has 1 heterocycles. The third-order valence-corrected chi connectivity index (χ3v) is 5.38. The van der Waals surface area contributed by atoms with Gasteiger partial charge in [0.2, 0.25) is 0 Å². The van der Waals surface area contributed by atoms with Crippen molar-refractivity contribution in [3.63, 3.8) is 0 Å². The molecule has 0 bridgehead atoms. The average molecular weight is 334 g/mol. The maximum Gasteiger partial charge on any atom is 0.495 e. The van der Waals surface area contributed by atoms with Crippen LogP contribution in [0.25, 0.3) is 11.1 Å². The molecular formula is C22H27BO2. The number of benzene rings is 2. The van der Waals surface area contributed by atoms with E-state index in [1.54, 1.807) is 0 Å². The third kappa shape index (κ3) is 3.58. The molecule has 0 radical (unpaired) electrons. The number of hydrogen-bond donors (Lipinski definition) is 0. The minimum Gasteiger partial charge on any atom is -0.399 e. The summed E-state index contributed by atoms with van der Waals surface area (Å²) in [6.45, 7) is 12.2. The Balaban J connectivity index is 1.98. The largest absolute Gasteiger partial charge is 0.495 e. The van der Waals surface area contributed by atoms with E-state index in [2.05, 4.69) is 76.7 Å². The molecular weight excluding hydrogens is 307 g/mol. The Morgan fingerprint density at radius 1 is 0.920 bits per heavy atom. The van der Waals surface area contributed by atoms with Crippen LogP contribution in [0, 0.1) is 0 Å². The van der Waals surface area contributed by atoms with E-state index in [1.807, 2.05) is 12.1 Å². The zero-order valence-electron chi connectivity index (χ0n) is 15.7.